The molecule has 0 rings (SSSR count). The number of nitrogens with zero attached hydrogens (tertiary/aromatic N) is 1. The van der Waals surface area contributed by atoms with Gasteiger partial charge in [-0.3, -0.25) is 9.69 Å². The van der Waals surface area contributed by atoms with Gasteiger partial charge in [-0.15, -0.1) is 0 Å². The summed E-state index contributed by atoms with van der Waals surface area (Å²) in [6.07, 6.45) is 0. The fourth-order valence-electron chi connectivity index (χ4n) is 1.24. The molecule has 0 aliphatic rings. The van der Waals surface area contributed by atoms with Crippen LogP contribution in [0.4, 0.5) is 0 Å². The molecule has 3 nitrogen and oxygen atoms in total. The van der Waals surface area contributed by atoms with E-state index in [4.69, 9.17) is 16.7 Å². The van der Waals surface area contributed by atoms with Gasteiger partial charge in [0.05, 0.1) is 12.6 Å². The van der Waals surface area contributed by atoms with Crippen molar-refractivity contribution in [1.29, 1.82) is 0 Å². The number of rotatable bonds is 5. The molecule has 0 aromatic carbocycles. The highest BCUT2D eigenvalue weighted by molar-refractivity contribution is 6.64. The number of likely N-dealkylation sites (N-methyl/N-ethyl adjacent to an activating group) is 1. The van der Waals surface area contributed by atoms with Crippen molar-refractivity contribution >= 4 is 16.8 Å². The Morgan fingerprint density at radius 2 is 2.08 bits per heavy atom. The van der Waals surface area contributed by atoms with Crippen molar-refractivity contribution in [2.45, 2.75) is 19.9 Å². The summed E-state index contributed by atoms with van der Waals surface area (Å²) in [7, 11) is 1.78. The van der Waals surface area contributed by atoms with Crippen LogP contribution in [0.1, 0.15) is 13.8 Å². The Bertz CT molecular complexity index is 150. The van der Waals surface area contributed by atoms with Crippen molar-refractivity contribution in [3.05, 3.63) is 0 Å². The SMILES string of the molecule is CC(C)C(C(=O)Cl)N(C)CCO. The fourth-order valence-corrected chi connectivity index (χ4v) is 1.66. The zero-order valence-electron chi connectivity index (χ0n) is 7.75. The molecule has 0 bridgehead atoms. The highest BCUT2D eigenvalue weighted by Crippen LogP contribution is 2.11. The van der Waals surface area contributed by atoms with Crippen LogP contribution in [-0.2, 0) is 4.79 Å². The van der Waals surface area contributed by atoms with Crippen LogP contribution in [0.25, 0.3) is 0 Å². The Labute approximate surface area is 78.3 Å². The molecular formula is C8H16ClNO2. The van der Waals surface area contributed by atoms with E-state index in [0.717, 1.165) is 0 Å². The van der Waals surface area contributed by atoms with E-state index in [2.05, 4.69) is 0 Å². The molecule has 12 heavy (non-hydrogen) atoms. The van der Waals surface area contributed by atoms with Crippen LogP contribution >= 0.6 is 11.6 Å². The zero-order valence-corrected chi connectivity index (χ0v) is 8.51. The Morgan fingerprint density at radius 3 is 2.33 bits per heavy atom. The lowest BCUT2D eigenvalue weighted by molar-refractivity contribution is -0.117. The highest BCUT2D eigenvalue weighted by Gasteiger charge is 2.24. The van der Waals surface area contributed by atoms with Crippen LogP contribution < -0.4 is 0 Å². The maximum Gasteiger partial charge on any atom is 0.239 e. The molecule has 1 unspecified atom stereocenters. The topological polar surface area (TPSA) is 40.5 Å². The predicted molar refractivity (Wildman–Crippen MR) is 49.2 cm³/mol. The maximum absolute atomic E-state index is 10.9. The van der Waals surface area contributed by atoms with E-state index in [9.17, 15) is 4.79 Å². The van der Waals surface area contributed by atoms with Crippen LogP contribution in [0.3, 0.4) is 0 Å². The van der Waals surface area contributed by atoms with Crippen molar-refractivity contribution < 1.29 is 9.90 Å². The van der Waals surface area contributed by atoms with Crippen molar-refractivity contribution in [1.82, 2.24) is 4.90 Å². The second-order valence-electron chi connectivity index (χ2n) is 3.20. The lowest BCUT2D eigenvalue weighted by atomic mass is 10.0. The molecule has 0 heterocycles. The summed E-state index contributed by atoms with van der Waals surface area (Å²) in [5.41, 5.74) is 0. The summed E-state index contributed by atoms with van der Waals surface area (Å²) in [6.45, 7) is 4.38. The third kappa shape index (κ3) is 3.52. The lowest BCUT2D eigenvalue weighted by Gasteiger charge is -2.27. The molecule has 1 N–H and O–H groups in total. The fraction of sp³-hybridized carbons (Fsp3) is 0.875. The molecule has 0 aliphatic carbocycles. The molecule has 72 valence electrons. The van der Waals surface area contributed by atoms with E-state index in [1.54, 1.807) is 11.9 Å². The molecule has 0 radical (unpaired) electrons. The largest absolute Gasteiger partial charge is 0.395 e. The van der Waals surface area contributed by atoms with E-state index in [-0.39, 0.29) is 23.8 Å². The Kier molecular flexibility index (Phi) is 5.46. The molecule has 0 aromatic rings. The summed E-state index contributed by atoms with van der Waals surface area (Å²) >= 11 is 5.41. The van der Waals surface area contributed by atoms with Gasteiger partial charge in [0.25, 0.3) is 0 Å². The average Bonchev–Trinajstić information content (AvgIpc) is 1.85. The van der Waals surface area contributed by atoms with Gasteiger partial charge in [0, 0.05) is 6.54 Å². The highest BCUT2D eigenvalue weighted by atomic mass is 35.5. The number of carbonyl (C=O) groups excluding carboxylic acids is 1. The van der Waals surface area contributed by atoms with Crippen molar-refractivity contribution in [3.63, 3.8) is 0 Å². The van der Waals surface area contributed by atoms with Crippen LogP contribution in [0.2, 0.25) is 0 Å². The smallest absolute Gasteiger partial charge is 0.239 e. The number of halogens is 1. The first kappa shape index (κ1) is 11.9. The van der Waals surface area contributed by atoms with Crippen LogP contribution in [0, 0.1) is 5.92 Å². The molecule has 0 saturated carbocycles. The van der Waals surface area contributed by atoms with Crippen LogP contribution in [0.5, 0.6) is 0 Å². The van der Waals surface area contributed by atoms with Gasteiger partial charge in [-0.1, -0.05) is 13.8 Å². The molecule has 0 saturated heterocycles. The molecule has 0 aliphatic heterocycles. The average molecular weight is 194 g/mol. The van der Waals surface area contributed by atoms with Gasteiger partial charge in [-0.25, -0.2) is 0 Å². The predicted octanol–water partition coefficient (Wildman–Crippen LogP) is 0.701. The van der Waals surface area contributed by atoms with Crippen LogP contribution in [-0.4, -0.2) is 41.5 Å². The lowest BCUT2D eigenvalue weighted by Crippen LogP contribution is -2.41. The summed E-state index contributed by atoms with van der Waals surface area (Å²) in [6, 6.07) is -0.293. The number of aliphatic hydroxyl groups excluding tert-OH is 1. The summed E-state index contributed by atoms with van der Waals surface area (Å²) in [5.74, 6) is 0.173. The second-order valence-corrected chi connectivity index (χ2v) is 3.57. The monoisotopic (exact) mass is 193 g/mol. The Morgan fingerprint density at radius 1 is 1.58 bits per heavy atom. The third-order valence-corrected chi connectivity index (χ3v) is 2.02. The molecule has 0 aromatic heterocycles. The van der Waals surface area contributed by atoms with Gasteiger partial charge in [0.1, 0.15) is 0 Å². The molecule has 1 atom stereocenters. The molecule has 4 heteroatoms. The van der Waals surface area contributed by atoms with E-state index in [1.165, 1.54) is 0 Å². The quantitative estimate of drug-likeness (QED) is 0.654. The molecule has 0 fully saturated rings. The number of hydrogen-bond donors (Lipinski definition) is 1. The van der Waals surface area contributed by atoms with E-state index in [0.29, 0.717) is 6.54 Å². The first-order chi connectivity index (χ1) is 5.50. The summed E-state index contributed by atoms with van der Waals surface area (Å²) in [4.78, 5) is 12.7. The maximum atomic E-state index is 10.9. The molecular weight excluding hydrogens is 178 g/mol. The zero-order chi connectivity index (χ0) is 9.72. The van der Waals surface area contributed by atoms with Crippen molar-refractivity contribution in [2.24, 2.45) is 5.92 Å². The van der Waals surface area contributed by atoms with E-state index < -0.39 is 0 Å². The van der Waals surface area contributed by atoms with Crippen molar-refractivity contribution in [3.8, 4) is 0 Å². The summed E-state index contributed by atoms with van der Waals surface area (Å²) < 4.78 is 0. The van der Waals surface area contributed by atoms with E-state index in [1.807, 2.05) is 13.8 Å². The molecule has 0 amide bonds. The van der Waals surface area contributed by atoms with Gasteiger partial charge >= 0.3 is 0 Å². The normalized spacial score (nSPS) is 13.9. The molecule has 0 spiro atoms. The minimum Gasteiger partial charge on any atom is -0.395 e. The van der Waals surface area contributed by atoms with Crippen LogP contribution in [0.15, 0.2) is 0 Å². The minimum absolute atomic E-state index is 0.0455. The second kappa shape index (κ2) is 5.51. The number of aliphatic hydroxyl groups is 1. The van der Waals surface area contributed by atoms with Gasteiger partial charge < -0.3 is 5.11 Å². The van der Waals surface area contributed by atoms with E-state index >= 15 is 0 Å². The summed E-state index contributed by atoms with van der Waals surface area (Å²) in [5, 5.41) is 8.29. The van der Waals surface area contributed by atoms with Gasteiger partial charge in [-0.2, -0.15) is 0 Å². The third-order valence-electron chi connectivity index (χ3n) is 1.79. The van der Waals surface area contributed by atoms with Gasteiger partial charge in [-0.05, 0) is 24.6 Å². The number of carbonyl (C=O) groups is 1. The van der Waals surface area contributed by atoms with Crippen molar-refractivity contribution in [2.75, 3.05) is 20.2 Å². The standard InChI is InChI=1S/C8H16ClNO2/c1-6(2)7(8(9)12)10(3)4-5-11/h6-7,11H,4-5H2,1-3H3. The Balaban J connectivity index is 4.19. The Hall–Kier alpha value is -0.120. The van der Waals surface area contributed by atoms with Gasteiger partial charge in [0.15, 0.2) is 0 Å². The number of hydrogen-bond acceptors (Lipinski definition) is 3. The first-order valence-electron chi connectivity index (χ1n) is 4.01. The minimum atomic E-state index is -0.360. The first-order valence-corrected chi connectivity index (χ1v) is 4.39. The van der Waals surface area contributed by atoms with Gasteiger partial charge in [0.2, 0.25) is 5.24 Å².